The third-order valence-corrected chi connectivity index (χ3v) is 6.15. The van der Waals surface area contributed by atoms with Crippen LogP contribution in [-0.2, 0) is 11.8 Å². The molecule has 4 rings (SSSR count). The first kappa shape index (κ1) is 19.4. The number of aromatic nitrogens is 4. The molecule has 2 heterocycles. The molecule has 8 heteroatoms. The molecule has 1 N–H and O–H groups in total. The molecule has 146 valence electrons. The van der Waals surface area contributed by atoms with Crippen molar-refractivity contribution in [2.75, 3.05) is 11.1 Å². The summed E-state index contributed by atoms with van der Waals surface area (Å²) in [5, 5.41) is 14.6. The second-order valence-corrected chi connectivity index (χ2v) is 8.22. The molecule has 1 amide bonds. The lowest BCUT2D eigenvalue weighted by Crippen LogP contribution is -2.14. The fraction of sp³-hybridized carbons (Fsp3) is 0.143. The summed E-state index contributed by atoms with van der Waals surface area (Å²) in [5.74, 6) is 0.905. The summed E-state index contributed by atoms with van der Waals surface area (Å²) in [5.41, 5.74) is 4.06. The van der Waals surface area contributed by atoms with Crippen LogP contribution in [0.15, 0.2) is 65.1 Å². The van der Waals surface area contributed by atoms with E-state index in [0.29, 0.717) is 10.3 Å². The van der Waals surface area contributed by atoms with Gasteiger partial charge in [-0.1, -0.05) is 66.4 Å². The molecule has 2 aromatic carbocycles. The van der Waals surface area contributed by atoms with E-state index in [1.165, 1.54) is 23.1 Å². The Morgan fingerprint density at radius 1 is 1.10 bits per heavy atom. The number of thiazole rings is 1. The van der Waals surface area contributed by atoms with E-state index < -0.39 is 0 Å². The molecule has 4 aromatic rings. The number of nitrogens with one attached hydrogen (secondary N) is 1. The molecule has 0 saturated heterocycles. The molecule has 0 spiro atoms. The minimum Gasteiger partial charge on any atom is -0.305 e. The van der Waals surface area contributed by atoms with E-state index in [1.54, 1.807) is 0 Å². The number of hydrogen-bond acceptors (Lipinski definition) is 6. The van der Waals surface area contributed by atoms with E-state index in [0.717, 1.165) is 28.2 Å². The number of rotatable bonds is 6. The molecule has 0 radical (unpaired) electrons. The van der Waals surface area contributed by atoms with Gasteiger partial charge in [0.05, 0.1) is 11.4 Å². The highest BCUT2D eigenvalue weighted by molar-refractivity contribution is 7.99. The maximum Gasteiger partial charge on any atom is 0.236 e. The van der Waals surface area contributed by atoms with Crippen LogP contribution in [0.5, 0.6) is 0 Å². The van der Waals surface area contributed by atoms with Crippen molar-refractivity contribution in [2.24, 2.45) is 7.05 Å². The van der Waals surface area contributed by atoms with Crippen LogP contribution in [0, 0.1) is 6.92 Å². The quantitative estimate of drug-likeness (QED) is 0.459. The third kappa shape index (κ3) is 4.38. The Morgan fingerprint density at radius 3 is 2.66 bits per heavy atom. The lowest BCUT2D eigenvalue weighted by atomic mass is 10.1. The van der Waals surface area contributed by atoms with Gasteiger partial charge in [0.1, 0.15) is 0 Å². The summed E-state index contributed by atoms with van der Waals surface area (Å²) in [6.07, 6.45) is 0. The molecule has 0 fully saturated rings. The smallest absolute Gasteiger partial charge is 0.236 e. The lowest BCUT2D eigenvalue weighted by Gasteiger charge is -2.06. The molecule has 0 bridgehead atoms. The Bertz CT molecular complexity index is 1140. The summed E-state index contributed by atoms with van der Waals surface area (Å²) in [4.78, 5) is 16.8. The summed E-state index contributed by atoms with van der Waals surface area (Å²) < 4.78 is 1.91. The zero-order valence-electron chi connectivity index (χ0n) is 16.0. The minimum atomic E-state index is -0.121. The van der Waals surface area contributed by atoms with E-state index in [-0.39, 0.29) is 11.7 Å². The number of carbonyl (C=O) groups is 1. The van der Waals surface area contributed by atoms with Gasteiger partial charge in [0.25, 0.3) is 0 Å². The van der Waals surface area contributed by atoms with Gasteiger partial charge in [0, 0.05) is 23.6 Å². The van der Waals surface area contributed by atoms with Crippen molar-refractivity contribution in [1.82, 2.24) is 19.7 Å². The maximum absolute atomic E-state index is 12.4. The third-order valence-electron chi connectivity index (χ3n) is 4.37. The molecule has 0 saturated carbocycles. The van der Waals surface area contributed by atoms with E-state index in [4.69, 9.17) is 0 Å². The molecule has 0 atom stereocenters. The SMILES string of the molecule is Cc1ccccc1-c1nnc(SCC(=O)Nc2nc(-c3ccccc3)cs2)n1C. The Balaban J connectivity index is 1.38. The standard InChI is InChI=1S/C21H19N5OS2/c1-14-8-6-7-11-16(14)19-24-25-21(26(19)2)29-13-18(27)23-20-22-17(12-28-20)15-9-4-3-5-10-15/h3-12H,13H2,1-2H3,(H,22,23,27). The van der Waals surface area contributed by atoms with Crippen molar-refractivity contribution >= 4 is 34.1 Å². The average molecular weight is 422 g/mol. The zero-order chi connectivity index (χ0) is 20.2. The zero-order valence-corrected chi connectivity index (χ0v) is 17.6. The van der Waals surface area contributed by atoms with E-state index in [9.17, 15) is 4.79 Å². The van der Waals surface area contributed by atoms with Gasteiger partial charge in [-0.3, -0.25) is 4.79 Å². The van der Waals surface area contributed by atoms with Crippen LogP contribution in [0.3, 0.4) is 0 Å². The van der Waals surface area contributed by atoms with Gasteiger partial charge in [0.2, 0.25) is 5.91 Å². The average Bonchev–Trinajstić information content (AvgIpc) is 3.34. The van der Waals surface area contributed by atoms with Crippen LogP contribution < -0.4 is 5.32 Å². The Morgan fingerprint density at radius 2 is 1.86 bits per heavy atom. The predicted molar refractivity (Wildman–Crippen MR) is 118 cm³/mol. The first-order valence-corrected chi connectivity index (χ1v) is 10.9. The number of thioether (sulfide) groups is 1. The van der Waals surface area contributed by atoms with E-state index in [1.807, 2.05) is 78.5 Å². The molecule has 0 aliphatic carbocycles. The van der Waals surface area contributed by atoms with Crippen molar-refractivity contribution in [3.8, 4) is 22.6 Å². The van der Waals surface area contributed by atoms with Crippen LogP contribution >= 0.6 is 23.1 Å². The van der Waals surface area contributed by atoms with Crippen LogP contribution in [0.1, 0.15) is 5.56 Å². The molecular weight excluding hydrogens is 402 g/mol. The number of benzene rings is 2. The van der Waals surface area contributed by atoms with Crippen molar-refractivity contribution in [3.63, 3.8) is 0 Å². The summed E-state index contributed by atoms with van der Waals surface area (Å²) in [6.45, 7) is 2.04. The largest absolute Gasteiger partial charge is 0.305 e. The van der Waals surface area contributed by atoms with Gasteiger partial charge in [-0.05, 0) is 12.5 Å². The van der Waals surface area contributed by atoms with Gasteiger partial charge >= 0.3 is 0 Å². The molecule has 6 nitrogen and oxygen atoms in total. The van der Waals surface area contributed by atoms with Crippen molar-refractivity contribution < 1.29 is 4.79 Å². The number of aryl methyl sites for hydroxylation is 1. The van der Waals surface area contributed by atoms with Crippen LogP contribution in [0.2, 0.25) is 0 Å². The highest BCUT2D eigenvalue weighted by Gasteiger charge is 2.15. The van der Waals surface area contributed by atoms with Gasteiger partial charge in [-0.2, -0.15) is 0 Å². The van der Waals surface area contributed by atoms with Crippen LogP contribution in [0.4, 0.5) is 5.13 Å². The van der Waals surface area contributed by atoms with Crippen LogP contribution in [0.25, 0.3) is 22.6 Å². The lowest BCUT2D eigenvalue weighted by molar-refractivity contribution is -0.113. The molecule has 29 heavy (non-hydrogen) atoms. The molecular formula is C21H19N5OS2. The van der Waals surface area contributed by atoms with Gasteiger partial charge < -0.3 is 9.88 Å². The first-order chi connectivity index (χ1) is 14.1. The van der Waals surface area contributed by atoms with E-state index >= 15 is 0 Å². The number of carbonyl (C=O) groups excluding carboxylic acids is 1. The first-order valence-electron chi connectivity index (χ1n) is 9.01. The Labute approximate surface area is 177 Å². The summed E-state index contributed by atoms with van der Waals surface area (Å²) in [6, 6.07) is 17.9. The fourth-order valence-electron chi connectivity index (χ4n) is 2.86. The summed E-state index contributed by atoms with van der Waals surface area (Å²) >= 11 is 2.77. The normalized spacial score (nSPS) is 10.8. The van der Waals surface area contributed by atoms with Crippen molar-refractivity contribution in [2.45, 2.75) is 12.1 Å². The second-order valence-electron chi connectivity index (χ2n) is 6.42. The maximum atomic E-state index is 12.4. The number of anilines is 1. The molecule has 0 aliphatic rings. The van der Waals surface area contributed by atoms with E-state index in [2.05, 4.69) is 20.5 Å². The molecule has 0 unspecified atom stereocenters. The predicted octanol–water partition coefficient (Wildman–Crippen LogP) is 4.64. The van der Waals surface area contributed by atoms with Crippen molar-refractivity contribution in [3.05, 3.63) is 65.5 Å². The Kier molecular flexibility index (Phi) is 5.73. The van der Waals surface area contributed by atoms with Crippen LogP contribution in [-0.4, -0.2) is 31.4 Å². The molecule has 2 aromatic heterocycles. The molecule has 0 aliphatic heterocycles. The highest BCUT2D eigenvalue weighted by Crippen LogP contribution is 2.26. The number of nitrogens with zero attached hydrogens (tertiary/aromatic N) is 4. The minimum absolute atomic E-state index is 0.121. The van der Waals surface area contributed by atoms with Gasteiger partial charge in [0.15, 0.2) is 16.1 Å². The van der Waals surface area contributed by atoms with Gasteiger partial charge in [-0.15, -0.1) is 21.5 Å². The number of amides is 1. The highest BCUT2D eigenvalue weighted by atomic mass is 32.2. The van der Waals surface area contributed by atoms with Gasteiger partial charge in [-0.25, -0.2) is 4.98 Å². The summed E-state index contributed by atoms with van der Waals surface area (Å²) in [7, 11) is 1.91. The number of hydrogen-bond donors (Lipinski definition) is 1. The second kappa shape index (κ2) is 8.59. The fourth-order valence-corrected chi connectivity index (χ4v) is 4.30. The topological polar surface area (TPSA) is 72.7 Å². The Hall–Kier alpha value is -2.97. The monoisotopic (exact) mass is 421 g/mol. The van der Waals surface area contributed by atoms with Crippen molar-refractivity contribution in [1.29, 1.82) is 0 Å².